The highest BCUT2D eigenvalue weighted by molar-refractivity contribution is 5.47. The number of benzene rings is 1. The lowest BCUT2D eigenvalue weighted by atomic mass is 10.2. The van der Waals surface area contributed by atoms with E-state index in [1.165, 1.54) is 6.07 Å². The molecule has 0 aliphatic carbocycles. The molecule has 0 amide bonds. The van der Waals surface area contributed by atoms with E-state index in [-0.39, 0.29) is 11.9 Å². The molecule has 1 rings (SSSR count). The van der Waals surface area contributed by atoms with E-state index in [2.05, 4.69) is 5.32 Å². The van der Waals surface area contributed by atoms with Gasteiger partial charge in [-0.1, -0.05) is 6.07 Å². The normalized spacial score (nSPS) is 10.5. The molecule has 2 nitrogen and oxygen atoms in total. The van der Waals surface area contributed by atoms with Crippen molar-refractivity contribution in [3.63, 3.8) is 0 Å². The molecular weight excluding hydrogens is 167 g/mol. The molecule has 0 spiro atoms. The van der Waals surface area contributed by atoms with Gasteiger partial charge in [-0.25, -0.2) is 4.39 Å². The maximum absolute atomic E-state index is 13.2. The van der Waals surface area contributed by atoms with E-state index < -0.39 is 0 Å². The van der Waals surface area contributed by atoms with Crippen LogP contribution in [0.15, 0.2) is 18.2 Å². The maximum Gasteiger partial charge on any atom is 0.146 e. The Morgan fingerprint density at radius 1 is 1.46 bits per heavy atom. The van der Waals surface area contributed by atoms with Gasteiger partial charge in [0.05, 0.1) is 5.69 Å². The first-order chi connectivity index (χ1) is 6.13. The lowest BCUT2D eigenvalue weighted by Crippen LogP contribution is -2.11. The van der Waals surface area contributed by atoms with Crippen molar-refractivity contribution in [3.05, 3.63) is 29.6 Å². The molecule has 0 radical (unpaired) electrons. The summed E-state index contributed by atoms with van der Waals surface area (Å²) in [6.45, 7) is 4.37. The zero-order valence-corrected chi connectivity index (χ0v) is 7.97. The van der Waals surface area contributed by atoms with Crippen LogP contribution in [0.25, 0.3) is 0 Å². The maximum atomic E-state index is 13.2. The molecule has 0 heterocycles. The number of nitrogens with one attached hydrogen (secondary N) is 1. The number of nitrogens with two attached hydrogens (primary N) is 1. The van der Waals surface area contributed by atoms with Crippen molar-refractivity contribution in [2.24, 2.45) is 5.73 Å². The molecule has 72 valence electrons. The molecule has 1 aromatic rings. The second-order valence-corrected chi connectivity index (χ2v) is 3.32. The van der Waals surface area contributed by atoms with Crippen LogP contribution in [0.4, 0.5) is 10.1 Å². The monoisotopic (exact) mass is 182 g/mol. The van der Waals surface area contributed by atoms with Gasteiger partial charge in [-0.3, -0.25) is 0 Å². The topological polar surface area (TPSA) is 38.0 Å². The third-order valence-corrected chi connectivity index (χ3v) is 1.71. The van der Waals surface area contributed by atoms with Gasteiger partial charge in [0.25, 0.3) is 0 Å². The minimum Gasteiger partial charge on any atom is -0.380 e. The van der Waals surface area contributed by atoms with E-state index in [4.69, 9.17) is 5.73 Å². The van der Waals surface area contributed by atoms with E-state index in [1.807, 2.05) is 13.8 Å². The van der Waals surface area contributed by atoms with Crippen molar-refractivity contribution in [1.82, 2.24) is 0 Å². The molecule has 3 N–H and O–H groups in total. The largest absolute Gasteiger partial charge is 0.380 e. The van der Waals surface area contributed by atoms with Gasteiger partial charge >= 0.3 is 0 Å². The van der Waals surface area contributed by atoms with Gasteiger partial charge in [0.2, 0.25) is 0 Å². The molecule has 3 heteroatoms. The molecule has 0 aromatic heterocycles. The Balaban J connectivity index is 2.90. The quantitative estimate of drug-likeness (QED) is 0.751. The van der Waals surface area contributed by atoms with E-state index in [0.717, 1.165) is 5.56 Å². The van der Waals surface area contributed by atoms with E-state index in [9.17, 15) is 4.39 Å². The molecule has 0 aliphatic rings. The Morgan fingerprint density at radius 2 is 2.15 bits per heavy atom. The average molecular weight is 182 g/mol. The van der Waals surface area contributed by atoms with Crippen LogP contribution in [0.5, 0.6) is 0 Å². The van der Waals surface area contributed by atoms with Crippen molar-refractivity contribution in [1.29, 1.82) is 0 Å². The Labute approximate surface area is 77.9 Å². The summed E-state index contributed by atoms with van der Waals surface area (Å²) in [5, 5.41) is 3.02. The highest BCUT2D eigenvalue weighted by Gasteiger charge is 2.03. The van der Waals surface area contributed by atoms with Crippen LogP contribution in [0.3, 0.4) is 0 Å². The number of hydrogen-bond acceptors (Lipinski definition) is 2. The van der Waals surface area contributed by atoms with Crippen molar-refractivity contribution >= 4 is 5.69 Å². The standard InChI is InChI=1S/C10H15FN2/c1-7(2)13-10-5-8(6-12)3-4-9(10)11/h3-5,7,13H,6,12H2,1-2H3. The second-order valence-electron chi connectivity index (χ2n) is 3.32. The molecule has 13 heavy (non-hydrogen) atoms. The van der Waals surface area contributed by atoms with Crippen LogP contribution >= 0.6 is 0 Å². The first-order valence-electron chi connectivity index (χ1n) is 4.38. The highest BCUT2D eigenvalue weighted by Crippen LogP contribution is 2.16. The molecule has 0 atom stereocenters. The minimum atomic E-state index is -0.231. The van der Waals surface area contributed by atoms with E-state index in [1.54, 1.807) is 12.1 Å². The summed E-state index contributed by atoms with van der Waals surface area (Å²) < 4.78 is 13.2. The Hall–Kier alpha value is -1.09. The van der Waals surface area contributed by atoms with E-state index in [0.29, 0.717) is 12.2 Å². The zero-order valence-electron chi connectivity index (χ0n) is 7.97. The van der Waals surface area contributed by atoms with Gasteiger partial charge in [-0.05, 0) is 31.5 Å². The van der Waals surface area contributed by atoms with Gasteiger partial charge in [-0.15, -0.1) is 0 Å². The summed E-state index contributed by atoms with van der Waals surface area (Å²) in [4.78, 5) is 0. The van der Waals surface area contributed by atoms with Crippen molar-refractivity contribution in [2.75, 3.05) is 5.32 Å². The molecule has 1 aromatic carbocycles. The van der Waals surface area contributed by atoms with Crippen LogP contribution in [0, 0.1) is 5.82 Å². The van der Waals surface area contributed by atoms with Gasteiger partial charge in [0, 0.05) is 12.6 Å². The number of rotatable bonds is 3. The highest BCUT2D eigenvalue weighted by atomic mass is 19.1. The van der Waals surface area contributed by atoms with Crippen molar-refractivity contribution < 1.29 is 4.39 Å². The number of anilines is 1. The summed E-state index contributed by atoms with van der Waals surface area (Å²) >= 11 is 0. The van der Waals surface area contributed by atoms with Gasteiger partial charge in [-0.2, -0.15) is 0 Å². The fraction of sp³-hybridized carbons (Fsp3) is 0.400. The summed E-state index contributed by atoms with van der Waals surface area (Å²) in [5.41, 5.74) is 6.91. The zero-order chi connectivity index (χ0) is 9.84. The molecule has 0 aliphatic heterocycles. The summed E-state index contributed by atoms with van der Waals surface area (Å²) in [6.07, 6.45) is 0. The SMILES string of the molecule is CC(C)Nc1cc(CN)ccc1F. The molecule has 0 saturated carbocycles. The summed E-state index contributed by atoms with van der Waals surface area (Å²) in [7, 11) is 0. The number of hydrogen-bond donors (Lipinski definition) is 2. The van der Waals surface area contributed by atoms with Crippen LogP contribution in [0.2, 0.25) is 0 Å². The fourth-order valence-corrected chi connectivity index (χ4v) is 1.12. The van der Waals surface area contributed by atoms with Crippen LogP contribution in [0.1, 0.15) is 19.4 Å². The third kappa shape index (κ3) is 2.70. The predicted molar refractivity (Wildman–Crippen MR) is 53.1 cm³/mol. The van der Waals surface area contributed by atoms with Gasteiger partial charge in [0.1, 0.15) is 5.82 Å². The Morgan fingerprint density at radius 3 is 2.69 bits per heavy atom. The smallest absolute Gasteiger partial charge is 0.146 e. The Bertz CT molecular complexity index is 284. The molecule has 0 fully saturated rings. The molecule has 0 unspecified atom stereocenters. The molecular formula is C10H15FN2. The van der Waals surface area contributed by atoms with Crippen LogP contribution < -0.4 is 11.1 Å². The van der Waals surface area contributed by atoms with Gasteiger partial charge < -0.3 is 11.1 Å². The summed E-state index contributed by atoms with van der Waals surface area (Å²) in [5.74, 6) is -0.231. The van der Waals surface area contributed by atoms with E-state index >= 15 is 0 Å². The second kappa shape index (κ2) is 4.23. The Kier molecular flexibility index (Phi) is 3.25. The van der Waals surface area contributed by atoms with Crippen molar-refractivity contribution in [3.8, 4) is 0 Å². The molecule has 0 bridgehead atoms. The first kappa shape index (κ1) is 9.99. The predicted octanol–water partition coefficient (Wildman–Crippen LogP) is 2.10. The van der Waals surface area contributed by atoms with Gasteiger partial charge in [0.15, 0.2) is 0 Å². The number of halogens is 1. The minimum absolute atomic E-state index is 0.225. The molecule has 0 saturated heterocycles. The average Bonchev–Trinajstić information content (AvgIpc) is 2.08. The fourth-order valence-electron chi connectivity index (χ4n) is 1.12. The van der Waals surface area contributed by atoms with Crippen molar-refractivity contribution in [2.45, 2.75) is 26.4 Å². The first-order valence-corrected chi connectivity index (χ1v) is 4.38. The van der Waals surface area contributed by atoms with Crippen LogP contribution in [-0.4, -0.2) is 6.04 Å². The third-order valence-electron chi connectivity index (χ3n) is 1.71. The summed E-state index contributed by atoms with van der Waals surface area (Å²) in [6, 6.07) is 5.10. The lowest BCUT2D eigenvalue weighted by Gasteiger charge is -2.11. The lowest BCUT2D eigenvalue weighted by molar-refractivity contribution is 0.627. The van der Waals surface area contributed by atoms with Crippen LogP contribution in [-0.2, 0) is 6.54 Å².